The largest absolute Gasteiger partial charge is 0.456 e. The molecule has 0 bridgehead atoms. The van der Waals surface area contributed by atoms with Crippen molar-refractivity contribution in [2.24, 2.45) is 0 Å². The molecule has 0 saturated carbocycles. The van der Waals surface area contributed by atoms with Gasteiger partial charge in [-0.1, -0.05) is 42.5 Å². The molecule has 0 N–H and O–H groups in total. The molecule has 0 aliphatic rings. The van der Waals surface area contributed by atoms with Gasteiger partial charge in [0, 0.05) is 6.54 Å². The first-order valence-electron chi connectivity index (χ1n) is 6.33. The molecule has 0 saturated heterocycles. The van der Waals surface area contributed by atoms with E-state index in [1.54, 1.807) is 4.68 Å². The van der Waals surface area contributed by atoms with Crippen molar-refractivity contribution in [3.8, 4) is 0 Å². The van der Waals surface area contributed by atoms with Crippen LogP contribution in [-0.2, 0) is 17.9 Å². The summed E-state index contributed by atoms with van der Waals surface area (Å²) in [6.45, 7) is 4.88. The number of hydrogen-bond acceptors (Lipinski definition) is 4. The summed E-state index contributed by atoms with van der Waals surface area (Å²) < 4.78 is 6.95. The minimum Gasteiger partial charge on any atom is -0.456 e. The van der Waals surface area contributed by atoms with Gasteiger partial charge in [0.2, 0.25) is 0 Å². The Balaban J connectivity index is 2.00. The number of aryl methyl sites for hydroxylation is 1. The first-order valence-corrected chi connectivity index (χ1v) is 6.33. The van der Waals surface area contributed by atoms with E-state index in [0.29, 0.717) is 5.69 Å². The summed E-state index contributed by atoms with van der Waals surface area (Å²) in [5.74, 6) is -0.427. The van der Waals surface area contributed by atoms with Crippen LogP contribution in [0.3, 0.4) is 0 Å². The molecular weight excluding hydrogens is 242 g/mol. The highest BCUT2D eigenvalue weighted by molar-refractivity contribution is 5.88. The van der Waals surface area contributed by atoms with Crippen LogP contribution in [0.5, 0.6) is 0 Å². The monoisotopic (exact) mass is 259 g/mol. The molecule has 0 unspecified atom stereocenters. The molecule has 100 valence electrons. The fourth-order valence-corrected chi connectivity index (χ4v) is 1.76. The Morgan fingerprint density at radius 1 is 1.32 bits per heavy atom. The number of rotatable bonds is 5. The minimum absolute atomic E-state index is 0.250. The van der Waals surface area contributed by atoms with E-state index in [-0.39, 0.29) is 6.61 Å². The molecule has 0 aliphatic carbocycles. The number of nitrogens with zero attached hydrogens (tertiary/aromatic N) is 3. The van der Waals surface area contributed by atoms with E-state index in [1.165, 1.54) is 0 Å². The van der Waals surface area contributed by atoms with E-state index in [0.717, 1.165) is 24.2 Å². The van der Waals surface area contributed by atoms with Gasteiger partial charge in [-0.3, -0.25) is 0 Å². The molecule has 2 aromatic rings. The van der Waals surface area contributed by atoms with Crippen molar-refractivity contribution >= 4 is 5.97 Å². The number of benzene rings is 1. The van der Waals surface area contributed by atoms with Crippen LogP contribution >= 0.6 is 0 Å². The molecule has 0 atom stereocenters. The Bertz CT molecular complexity index is 549. The maximum Gasteiger partial charge on any atom is 0.361 e. The van der Waals surface area contributed by atoms with Crippen molar-refractivity contribution in [1.82, 2.24) is 15.0 Å². The fourth-order valence-electron chi connectivity index (χ4n) is 1.76. The number of ether oxygens (including phenoxy) is 1. The molecule has 5 heteroatoms. The van der Waals surface area contributed by atoms with Gasteiger partial charge in [-0.25, -0.2) is 9.48 Å². The quantitative estimate of drug-likeness (QED) is 0.773. The third-order valence-corrected chi connectivity index (χ3v) is 2.82. The molecule has 0 amide bonds. The number of hydrogen-bond donors (Lipinski definition) is 0. The first kappa shape index (κ1) is 13.3. The second-order valence-corrected chi connectivity index (χ2v) is 4.31. The van der Waals surface area contributed by atoms with Gasteiger partial charge in [0.05, 0.1) is 5.69 Å². The third kappa shape index (κ3) is 3.19. The minimum atomic E-state index is -0.427. The van der Waals surface area contributed by atoms with Gasteiger partial charge in [-0.15, -0.1) is 5.10 Å². The zero-order valence-corrected chi connectivity index (χ0v) is 11.2. The fraction of sp³-hybridized carbons (Fsp3) is 0.357. The van der Waals surface area contributed by atoms with E-state index < -0.39 is 5.97 Å². The van der Waals surface area contributed by atoms with Gasteiger partial charge in [0.25, 0.3) is 0 Å². The van der Waals surface area contributed by atoms with Gasteiger partial charge >= 0.3 is 5.97 Å². The smallest absolute Gasteiger partial charge is 0.361 e. The summed E-state index contributed by atoms with van der Waals surface area (Å²) in [7, 11) is 0. The summed E-state index contributed by atoms with van der Waals surface area (Å²) in [4.78, 5) is 11.9. The van der Waals surface area contributed by atoms with Crippen molar-refractivity contribution in [2.45, 2.75) is 33.4 Å². The highest BCUT2D eigenvalue weighted by Gasteiger charge is 2.17. The number of carbonyl (C=O) groups excluding carboxylic acids is 1. The Labute approximate surface area is 112 Å². The van der Waals surface area contributed by atoms with Crippen LogP contribution < -0.4 is 0 Å². The van der Waals surface area contributed by atoms with Crippen LogP contribution in [0.2, 0.25) is 0 Å². The average Bonchev–Trinajstić information content (AvgIpc) is 2.79. The Kier molecular flexibility index (Phi) is 4.28. The zero-order chi connectivity index (χ0) is 13.7. The molecule has 0 fully saturated rings. The molecule has 1 heterocycles. The van der Waals surface area contributed by atoms with Crippen LogP contribution in [0, 0.1) is 6.92 Å². The van der Waals surface area contributed by atoms with Crippen LogP contribution in [0.4, 0.5) is 0 Å². The van der Waals surface area contributed by atoms with Crippen molar-refractivity contribution in [1.29, 1.82) is 0 Å². The number of aromatic nitrogens is 3. The van der Waals surface area contributed by atoms with Gasteiger partial charge in [0.15, 0.2) is 5.69 Å². The predicted octanol–water partition coefficient (Wildman–Crippen LogP) is 2.35. The van der Waals surface area contributed by atoms with E-state index in [2.05, 4.69) is 17.2 Å². The highest BCUT2D eigenvalue weighted by Crippen LogP contribution is 2.08. The SMILES string of the molecule is CCCn1nnc(C(=O)OCc2ccccc2)c1C. The van der Waals surface area contributed by atoms with E-state index in [4.69, 9.17) is 4.74 Å². The van der Waals surface area contributed by atoms with Crippen LogP contribution in [-0.4, -0.2) is 21.0 Å². The molecular formula is C14H17N3O2. The molecule has 0 radical (unpaired) electrons. The van der Waals surface area contributed by atoms with Crippen LogP contribution in [0.15, 0.2) is 30.3 Å². The van der Waals surface area contributed by atoms with Crippen molar-refractivity contribution in [3.05, 3.63) is 47.3 Å². The standard InChI is InChI=1S/C14H17N3O2/c1-3-9-17-11(2)13(15-16-17)14(18)19-10-12-7-5-4-6-8-12/h4-8H,3,9-10H2,1-2H3. The molecule has 19 heavy (non-hydrogen) atoms. The molecule has 2 rings (SSSR count). The molecule has 1 aromatic heterocycles. The normalized spacial score (nSPS) is 10.4. The molecule has 0 aliphatic heterocycles. The Hall–Kier alpha value is -2.17. The van der Waals surface area contributed by atoms with Crippen LogP contribution in [0.1, 0.15) is 35.1 Å². The van der Waals surface area contributed by atoms with Crippen LogP contribution in [0.25, 0.3) is 0 Å². The number of carbonyl (C=O) groups is 1. The van der Waals surface area contributed by atoms with E-state index >= 15 is 0 Å². The summed E-state index contributed by atoms with van der Waals surface area (Å²) in [6.07, 6.45) is 0.947. The van der Waals surface area contributed by atoms with Crippen molar-refractivity contribution in [3.63, 3.8) is 0 Å². The lowest BCUT2D eigenvalue weighted by Gasteiger charge is -2.04. The summed E-state index contributed by atoms with van der Waals surface area (Å²) in [5.41, 5.74) is 2.00. The first-order chi connectivity index (χ1) is 9.22. The summed E-state index contributed by atoms with van der Waals surface area (Å²) >= 11 is 0. The Morgan fingerprint density at radius 3 is 2.74 bits per heavy atom. The summed E-state index contributed by atoms with van der Waals surface area (Å²) in [6, 6.07) is 9.56. The predicted molar refractivity (Wildman–Crippen MR) is 70.6 cm³/mol. The summed E-state index contributed by atoms with van der Waals surface area (Å²) in [5, 5.41) is 7.83. The third-order valence-electron chi connectivity index (χ3n) is 2.82. The lowest BCUT2D eigenvalue weighted by Crippen LogP contribution is -2.08. The van der Waals surface area contributed by atoms with Gasteiger partial charge in [-0.2, -0.15) is 0 Å². The van der Waals surface area contributed by atoms with E-state index in [1.807, 2.05) is 37.3 Å². The second-order valence-electron chi connectivity index (χ2n) is 4.31. The van der Waals surface area contributed by atoms with Crippen molar-refractivity contribution < 1.29 is 9.53 Å². The molecule has 1 aromatic carbocycles. The lowest BCUT2D eigenvalue weighted by molar-refractivity contribution is 0.0464. The van der Waals surface area contributed by atoms with Crippen molar-refractivity contribution in [2.75, 3.05) is 0 Å². The maximum absolute atomic E-state index is 11.9. The van der Waals surface area contributed by atoms with Gasteiger partial charge in [-0.05, 0) is 18.9 Å². The topological polar surface area (TPSA) is 57.0 Å². The zero-order valence-electron chi connectivity index (χ0n) is 11.2. The van der Waals surface area contributed by atoms with Gasteiger partial charge < -0.3 is 4.74 Å². The average molecular weight is 259 g/mol. The Morgan fingerprint density at radius 2 is 2.05 bits per heavy atom. The maximum atomic E-state index is 11.9. The number of esters is 1. The second kappa shape index (κ2) is 6.13. The molecule has 0 spiro atoms. The lowest BCUT2D eigenvalue weighted by atomic mass is 10.2. The van der Waals surface area contributed by atoms with Gasteiger partial charge in [0.1, 0.15) is 6.61 Å². The molecule has 5 nitrogen and oxygen atoms in total. The van der Waals surface area contributed by atoms with E-state index in [9.17, 15) is 4.79 Å². The highest BCUT2D eigenvalue weighted by atomic mass is 16.5.